The number of nitrogens with one attached hydrogen (secondary N) is 1. The Labute approximate surface area is 214 Å². The smallest absolute Gasteiger partial charge is 0.269 e. The van der Waals surface area contributed by atoms with Crippen LogP contribution in [0.1, 0.15) is 31.9 Å². The first-order valence-corrected chi connectivity index (χ1v) is 11.6. The Kier molecular flexibility index (Phi) is 7.07. The third-order valence-corrected chi connectivity index (χ3v) is 5.68. The van der Waals surface area contributed by atoms with Crippen LogP contribution in [0.2, 0.25) is 0 Å². The SMILES string of the molecule is COc1ccccc1NC(=O)/C(C#N)=C\c1c(Oc2ccc(C(C)(C)C)cc2)nc2ccccn2c1=O. The lowest BCUT2D eigenvalue weighted by Gasteiger charge is -2.19. The fraction of sp³-hybridized carbons (Fsp3) is 0.172. The summed E-state index contributed by atoms with van der Waals surface area (Å²) in [5.74, 6) is 0.178. The zero-order chi connectivity index (χ0) is 26.6. The number of anilines is 1. The highest BCUT2D eigenvalue weighted by Crippen LogP contribution is 2.28. The number of amides is 1. The summed E-state index contributed by atoms with van der Waals surface area (Å²) in [4.78, 5) is 30.9. The predicted octanol–water partition coefficient (Wildman–Crippen LogP) is 5.34. The van der Waals surface area contributed by atoms with Gasteiger partial charge in [0.1, 0.15) is 34.4 Å². The van der Waals surface area contributed by atoms with Gasteiger partial charge in [-0.25, -0.2) is 0 Å². The van der Waals surface area contributed by atoms with Crippen molar-refractivity contribution in [1.29, 1.82) is 5.26 Å². The summed E-state index contributed by atoms with van der Waals surface area (Å²) in [5, 5.41) is 12.4. The zero-order valence-electron chi connectivity index (χ0n) is 21.0. The van der Waals surface area contributed by atoms with Crippen LogP contribution in [-0.4, -0.2) is 22.4 Å². The van der Waals surface area contributed by atoms with Crippen molar-refractivity contribution in [1.82, 2.24) is 9.38 Å². The van der Waals surface area contributed by atoms with Gasteiger partial charge in [-0.05, 0) is 53.5 Å². The average Bonchev–Trinajstić information content (AvgIpc) is 2.88. The van der Waals surface area contributed by atoms with Crippen molar-refractivity contribution in [2.75, 3.05) is 12.4 Å². The summed E-state index contributed by atoms with van der Waals surface area (Å²) >= 11 is 0. The summed E-state index contributed by atoms with van der Waals surface area (Å²) < 4.78 is 12.6. The van der Waals surface area contributed by atoms with Crippen LogP contribution in [0.3, 0.4) is 0 Å². The van der Waals surface area contributed by atoms with Gasteiger partial charge in [-0.2, -0.15) is 10.2 Å². The Morgan fingerprint density at radius 1 is 1.05 bits per heavy atom. The molecule has 37 heavy (non-hydrogen) atoms. The van der Waals surface area contributed by atoms with Gasteiger partial charge in [0.25, 0.3) is 11.5 Å². The lowest BCUT2D eigenvalue weighted by Crippen LogP contribution is -2.20. The van der Waals surface area contributed by atoms with Crippen molar-refractivity contribution in [3.63, 3.8) is 0 Å². The normalized spacial score (nSPS) is 11.6. The number of fused-ring (bicyclic) bond motifs is 1. The number of hydrogen-bond donors (Lipinski definition) is 1. The molecule has 0 atom stereocenters. The molecule has 0 aliphatic carbocycles. The quantitative estimate of drug-likeness (QED) is 0.287. The first-order valence-electron chi connectivity index (χ1n) is 11.6. The number of rotatable bonds is 6. The molecule has 0 aliphatic rings. The summed E-state index contributed by atoms with van der Waals surface area (Å²) in [6, 6.07) is 21.3. The lowest BCUT2D eigenvalue weighted by molar-refractivity contribution is -0.112. The Hall–Kier alpha value is -4.90. The van der Waals surface area contributed by atoms with Crippen molar-refractivity contribution in [3.05, 3.63) is 100.0 Å². The average molecular weight is 495 g/mol. The van der Waals surface area contributed by atoms with Gasteiger partial charge in [0.15, 0.2) is 0 Å². The molecule has 0 aliphatic heterocycles. The highest BCUT2D eigenvalue weighted by atomic mass is 16.5. The molecule has 2 aromatic carbocycles. The molecule has 1 N–H and O–H groups in total. The first-order chi connectivity index (χ1) is 17.7. The van der Waals surface area contributed by atoms with Gasteiger partial charge >= 0.3 is 0 Å². The van der Waals surface area contributed by atoms with E-state index in [1.807, 2.05) is 18.2 Å². The largest absolute Gasteiger partial charge is 0.495 e. The van der Waals surface area contributed by atoms with Crippen molar-refractivity contribution in [3.8, 4) is 23.4 Å². The molecule has 8 nitrogen and oxygen atoms in total. The van der Waals surface area contributed by atoms with Gasteiger partial charge in [-0.3, -0.25) is 14.0 Å². The number of nitrogens with zero attached hydrogens (tertiary/aromatic N) is 3. The summed E-state index contributed by atoms with van der Waals surface area (Å²) in [5.41, 5.74) is 1.02. The number of hydrogen-bond acceptors (Lipinski definition) is 6. The van der Waals surface area contributed by atoms with Crippen LogP contribution >= 0.6 is 0 Å². The van der Waals surface area contributed by atoms with Crippen LogP contribution < -0.4 is 20.3 Å². The molecule has 0 fully saturated rings. The Morgan fingerprint density at radius 2 is 1.76 bits per heavy atom. The molecule has 186 valence electrons. The minimum absolute atomic E-state index is 0.0162. The van der Waals surface area contributed by atoms with E-state index in [2.05, 4.69) is 31.1 Å². The Balaban J connectivity index is 1.77. The number of carbonyl (C=O) groups is 1. The van der Waals surface area contributed by atoms with Crippen molar-refractivity contribution in [2.45, 2.75) is 26.2 Å². The minimum atomic E-state index is -0.704. The fourth-order valence-corrected chi connectivity index (χ4v) is 3.65. The van der Waals surface area contributed by atoms with E-state index in [4.69, 9.17) is 9.47 Å². The van der Waals surface area contributed by atoms with Gasteiger partial charge in [0.2, 0.25) is 5.88 Å². The van der Waals surface area contributed by atoms with Crippen LogP contribution in [-0.2, 0) is 10.2 Å². The van der Waals surface area contributed by atoms with Crippen LogP contribution in [0, 0.1) is 11.3 Å². The van der Waals surface area contributed by atoms with Gasteiger partial charge in [-0.15, -0.1) is 0 Å². The molecule has 0 radical (unpaired) electrons. The maximum atomic E-state index is 13.4. The van der Waals surface area contributed by atoms with E-state index in [0.29, 0.717) is 22.8 Å². The van der Waals surface area contributed by atoms with Gasteiger partial charge < -0.3 is 14.8 Å². The van der Waals surface area contributed by atoms with E-state index >= 15 is 0 Å². The zero-order valence-corrected chi connectivity index (χ0v) is 21.0. The minimum Gasteiger partial charge on any atom is -0.495 e. The number of methoxy groups -OCH3 is 1. The van der Waals surface area contributed by atoms with E-state index in [1.165, 1.54) is 17.6 Å². The van der Waals surface area contributed by atoms with Crippen LogP contribution in [0.25, 0.3) is 11.7 Å². The van der Waals surface area contributed by atoms with Gasteiger partial charge in [0, 0.05) is 6.20 Å². The number of pyridine rings is 1. The molecule has 4 rings (SSSR count). The third-order valence-electron chi connectivity index (χ3n) is 5.68. The highest BCUT2D eigenvalue weighted by Gasteiger charge is 2.19. The number of para-hydroxylation sites is 2. The molecule has 8 heteroatoms. The standard InChI is InChI=1S/C29H26N4O4/c1-29(2,3)20-12-14-21(15-13-20)37-27-22(28(35)33-16-8-7-11-25(33)32-27)17-19(18-30)26(34)31-23-9-5-6-10-24(23)36-4/h5-17H,1-4H3,(H,31,34)/b19-17-. The maximum Gasteiger partial charge on any atom is 0.269 e. The first kappa shape index (κ1) is 25.2. The molecule has 0 bridgehead atoms. The molecule has 2 aromatic heterocycles. The molecule has 0 saturated carbocycles. The number of nitriles is 1. The van der Waals surface area contributed by atoms with Crippen molar-refractivity contribution < 1.29 is 14.3 Å². The summed E-state index contributed by atoms with van der Waals surface area (Å²) in [6.45, 7) is 6.32. The molecule has 1 amide bonds. The second-order valence-electron chi connectivity index (χ2n) is 9.27. The molecular formula is C29H26N4O4. The Bertz CT molecular complexity index is 1590. The number of carbonyl (C=O) groups excluding carboxylic acids is 1. The highest BCUT2D eigenvalue weighted by molar-refractivity contribution is 6.10. The molecular weight excluding hydrogens is 468 g/mol. The molecule has 4 aromatic rings. The lowest BCUT2D eigenvalue weighted by atomic mass is 9.87. The summed E-state index contributed by atoms with van der Waals surface area (Å²) in [6.07, 6.45) is 2.75. The second-order valence-corrected chi connectivity index (χ2v) is 9.27. The van der Waals surface area contributed by atoms with Gasteiger partial charge in [-0.1, -0.05) is 51.1 Å². The molecule has 0 unspecified atom stereocenters. The van der Waals surface area contributed by atoms with E-state index in [-0.39, 0.29) is 22.4 Å². The third kappa shape index (κ3) is 5.52. The second kappa shape index (κ2) is 10.4. The summed E-state index contributed by atoms with van der Waals surface area (Å²) in [7, 11) is 1.48. The molecule has 0 saturated heterocycles. The number of benzene rings is 2. The maximum absolute atomic E-state index is 13.4. The van der Waals surface area contributed by atoms with E-state index in [1.54, 1.807) is 60.8 Å². The topological polar surface area (TPSA) is 106 Å². The van der Waals surface area contributed by atoms with E-state index < -0.39 is 11.5 Å². The van der Waals surface area contributed by atoms with Crippen LogP contribution in [0.5, 0.6) is 17.4 Å². The van der Waals surface area contributed by atoms with E-state index in [0.717, 1.165) is 5.56 Å². The van der Waals surface area contributed by atoms with Crippen LogP contribution in [0.4, 0.5) is 5.69 Å². The molecule has 2 heterocycles. The number of ether oxygens (including phenoxy) is 2. The fourth-order valence-electron chi connectivity index (χ4n) is 3.65. The van der Waals surface area contributed by atoms with E-state index in [9.17, 15) is 14.9 Å². The molecule has 0 spiro atoms. The monoisotopic (exact) mass is 494 g/mol. The number of aromatic nitrogens is 2. The van der Waals surface area contributed by atoms with Crippen LogP contribution in [0.15, 0.2) is 83.3 Å². The van der Waals surface area contributed by atoms with Gasteiger partial charge in [0.05, 0.1) is 12.8 Å². The predicted molar refractivity (Wildman–Crippen MR) is 142 cm³/mol. The van der Waals surface area contributed by atoms with Crippen molar-refractivity contribution in [2.24, 2.45) is 0 Å². The van der Waals surface area contributed by atoms with Crippen molar-refractivity contribution >= 4 is 23.3 Å². The Morgan fingerprint density at radius 3 is 2.43 bits per heavy atom.